The van der Waals surface area contributed by atoms with E-state index in [1.807, 2.05) is 0 Å². The smallest absolute Gasteiger partial charge is 0.314 e. The molecule has 1 aliphatic heterocycles. The molecule has 5 N–H and O–H groups in total. The number of carboxylic acids is 1. The Kier molecular flexibility index (Phi) is 6.58. The van der Waals surface area contributed by atoms with Crippen LogP contribution in [0.15, 0.2) is 0 Å². The molecule has 1 heterocycles. The largest absolute Gasteiger partial charge is 0.481 e. The summed E-state index contributed by atoms with van der Waals surface area (Å²) in [5.41, 5.74) is 5.31. The average Bonchev–Trinajstić information content (AvgIpc) is 2.36. The third-order valence-electron chi connectivity index (χ3n) is 3.38. The minimum atomic E-state index is -0.819. The second kappa shape index (κ2) is 7.96. The first kappa shape index (κ1) is 15.7. The van der Waals surface area contributed by atoms with Gasteiger partial charge in [-0.2, -0.15) is 0 Å². The van der Waals surface area contributed by atoms with Crippen LogP contribution < -0.4 is 11.1 Å². The molecule has 0 aromatic heterocycles. The number of carbonyl (C=O) groups is 2. The number of likely N-dealkylation sites (tertiary alicyclic amines) is 1. The highest BCUT2D eigenvalue weighted by atomic mass is 16.4. The normalized spacial score (nSPS) is 23.3. The number of carbonyl (C=O) groups excluding carboxylic acids is 1. The Hall–Kier alpha value is -1.34. The van der Waals surface area contributed by atoms with Crippen LogP contribution in [0, 0.1) is 5.92 Å². The van der Waals surface area contributed by atoms with Crippen molar-refractivity contribution in [2.24, 2.45) is 11.7 Å². The molecule has 0 aromatic rings. The van der Waals surface area contributed by atoms with Gasteiger partial charge in [0, 0.05) is 32.2 Å². The molecule has 2 amide bonds. The van der Waals surface area contributed by atoms with E-state index in [9.17, 15) is 9.59 Å². The Balaban J connectivity index is 2.47. The zero-order valence-electron chi connectivity index (χ0n) is 11.0. The maximum Gasteiger partial charge on any atom is 0.314 e. The number of amides is 2. The van der Waals surface area contributed by atoms with Crippen molar-refractivity contribution in [2.75, 3.05) is 26.2 Å². The number of nitrogens with zero attached hydrogens (tertiary/aromatic N) is 1. The van der Waals surface area contributed by atoms with Crippen LogP contribution in [0.3, 0.4) is 0 Å². The van der Waals surface area contributed by atoms with Gasteiger partial charge in [-0.1, -0.05) is 0 Å². The number of carboxylic acid groups (broad SMARTS) is 1. The molecule has 0 aromatic carbocycles. The Bertz CT molecular complexity index is 311. The zero-order valence-corrected chi connectivity index (χ0v) is 11.0. The predicted octanol–water partition coefficient (Wildman–Crippen LogP) is -0.408. The molecule has 1 saturated heterocycles. The van der Waals surface area contributed by atoms with Crippen molar-refractivity contribution in [1.82, 2.24) is 10.2 Å². The number of aliphatic carboxylic acids is 1. The van der Waals surface area contributed by atoms with Crippen LogP contribution in [0.25, 0.3) is 0 Å². The number of hydrogen-bond donors (Lipinski definition) is 4. The first-order chi connectivity index (χ1) is 9.02. The summed E-state index contributed by atoms with van der Waals surface area (Å²) in [6.07, 6.45) is 2.16. The predicted molar refractivity (Wildman–Crippen MR) is 69.6 cm³/mol. The molecular weight excluding hydrogens is 250 g/mol. The molecule has 0 bridgehead atoms. The second-order valence-corrected chi connectivity index (χ2v) is 5.01. The standard InChI is InChI=1S/C12H23N3O4/c13-12(19)15-7-9(2-3-11(17)18)6-10(8-15)14-4-1-5-16/h9-10,14,16H,1-8H2,(H2,13,19)(H,17,18). The van der Waals surface area contributed by atoms with Gasteiger partial charge in [0.2, 0.25) is 0 Å². The van der Waals surface area contributed by atoms with E-state index >= 15 is 0 Å². The topological polar surface area (TPSA) is 116 Å². The van der Waals surface area contributed by atoms with Gasteiger partial charge in [-0.15, -0.1) is 0 Å². The summed E-state index contributed by atoms with van der Waals surface area (Å²) in [5, 5.41) is 20.7. The number of rotatable bonds is 7. The summed E-state index contributed by atoms with van der Waals surface area (Å²) in [7, 11) is 0. The average molecular weight is 273 g/mol. The van der Waals surface area contributed by atoms with E-state index in [1.165, 1.54) is 0 Å². The molecule has 2 unspecified atom stereocenters. The van der Waals surface area contributed by atoms with Crippen LogP contribution in [0.1, 0.15) is 25.7 Å². The highest BCUT2D eigenvalue weighted by Gasteiger charge is 2.28. The quantitative estimate of drug-likeness (QED) is 0.471. The van der Waals surface area contributed by atoms with E-state index in [-0.39, 0.29) is 25.0 Å². The first-order valence-electron chi connectivity index (χ1n) is 6.63. The minimum Gasteiger partial charge on any atom is -0.481 e. The van der Waals surface area contributed by atoms with E-state index < -0.39 is 12.0 Å². The molecule has 1 fully saturated rings. The Labute approximate surface area is 112 Å². The summed E-state index contributed by atoms with van der Waals surface area (Å²) in [6.45, 7) is 1.88. The van der Waals surface area contributed by atoms with Crippen LogP contribution in [-0.4, -0.2) is 59.4 Å². The molecule has 0 spiro atoms. The van der Waals surface area contributed by atoms with E-state index in [4.69, 9.17) is 15.9 Å². The molecule has 0 radical (unpaired) electrons. The van der Waals surface area contributed by atoms with Gasteiger partial charge in [-0.25, -0.2) is 4.79 Å². The number of piperidine rings is 1. The molecule has 7 heteroatoms. The van der Waals surface area contributed by atoms with Gasteiger partial charge in [-0.3, -0.25) is 4.79 Å². The summed E-state index contributed by atoms with van der Waals surface area (Å²) in [6, 6.07) is -0.347. The zero-order chi connectivity index (χ0) is 14.3. The van der Waals surface area contributed by atoms with Crippen LogP contribution in [0.5, 0.6) is 0 Å². The molecule has 19 heavy (non-hydrogen) atoms. The van der Waals surface area contributed by atoms with Gasteiger partial charge in [0.15, 0.2) is 0 Å². The maximum absolute atomic E-state index is 11.3. The fourth-order valence-electron chi connectivity index (χ4n) is 2.45. The second-order valence-electron chi connectivity index (χ2n) is 5.01. The number of hydrogen-bond acceptors (Lipinski definition) is 4. The number of aliphatic hydroxyl groups is 1. The van der Waals surface area contributed by atoms with Gasteiger partial charge < -0.3 is 26.2 Å². The summed E-state index contributed by atoms with van der Waals surface area (Å²) < 4.78 is 0. The van der Waals surface area contributed by atoms with Crippen molar-refractivity contribution in [3.63, 3.8) is 0 Å². The Morgan fingerprint density at radius 3 is 2.68 bits per heavy atom. The number of nitrogens with two attached hydrogens (primary N) is 1. The number of aliphatic hydroxyl groups excluding tert-OH is 1. The molecule has 110 valence electrons. The van der Waals surface area contributed by atoms with Crippen molar-refractivity contribution >= 4 is 12.0 Å². The van der Waals surface area contributed by atoms with Crippen molar-refractivity contribution < 1.29 is 19.8 Å². The molecule has 1 rings (SSSR count). The molecule has 7 nitrogen and oxygen atoms in total. The Morgan fingerprint density at radius 2 is 2.11 bits per heavy atom. The van der Waals surface area contributed by atoms with E-state index in [0.717, 1.165) is 6.42 Å². The third kappa shape index (κ3) is 5.89. The fraction of sp³-hybridized carbons (Fsp3) is 0.833. The van der Waals surface area contributed by atoms with Crippen LogP contribution in [0.2, 0.25) is 0 Å². The first-order valence-corrected chi connectivity index (χ1v) is 6.63. The molecule has 2 atom stereocenters. The van der Waals surface area contributed by atoms with Crippen LogP contribution in [0.4, 0.5) is 4.79 Å². The summed E-state index contributed by atoms with van der Waals surface area (Å²) >= 11 is 0. The lowest BCUT2D eigenvalue weighted by Crippen LogP contribution is -2.53. The fourth-order valence-corrected chi connectivity index (χ4v) is 2.45. The van der Waals surface area contributed by atoms with Gasteiger partial charge >= 0.3 is 12.0 Å². The number of nitrogens with one attached hydrogen (secondary N) is 1. The SMILES string of the molecule is NC(=O)N1CC(CCC(=O)O)CC(NCCCO)C1. The Morgan fingerprint density at radius 1 is 1.37 bits per heavy atom. The molecule has 0 aliphatic carbocycles. The number of urea groups is 1. The highest BCUT2D eigenvalue weighted by Crippen LogP contribution is 2.21. The van der Waals surface area contributed by atoms with Crippen LogP contribution in [-0.2, 0) is 4.79 Å². The summed E-state index contributed by atoms with van der Waals surface area (Å²) in [4.78, 5) is 23.4. The lowest BCUT2D eigenvalue weighted by atomic mass is 9.90. The van der Waals surface area contributed by atoms with E-state index in [0.29, 0.717) is 32.5 Å². The van der Waals surface area contributed by atoms with Crippen molar-refractivity contribution in [3.8, 4) is 0 Å². The molecule has 1 aliphatic rings. The van der Waals surface area contributed by atoms with Crippen molar-refractivity contribution in [1.29, 1.82) is 0 Å². The molecular formula is C12H23N3O4. The number of primary amides is 1. The van der Waals surface area contributed by atoms with E-state index in [2.05, 4.69) is 5.32 Å². The lowest BCUT2D eigenvalue weighted by Gasteiger charge is -2.37. The van der Waals surface area contributed by atoms with E-state index in [1.54, 1.807) is 4.90 Å². The van der Waals surface area contributed by atoms with Gasteiger partial charge in [0.1, 0.15) is 0 Å². The monoisotopic (exact) mass is 273 g/mol. The summed E-state index contributed by atoms with van der Waals surface area (Å²) in [5.74, 6) is -0.662. The van der Waals surface area contributed by atoms with Gasteiger partial charge in [0.05, 0.1) is 0 Å². The maximum atomic E-state index is 11.3. The lowest BCUT2D eigenvalue weighted by molar-refractivity contribution is -0.137. The van der Waals surface area contributed by atoms with Gasteiger partial charge in [-0.05, 0) is 31.7 Å². The van der Waals surface area contributed by atoms with Gasteiger partial charge in [0.25, 0.3) is 0 Å². The molecule has 0 saturated carbocycles. The van der Waals surface area contributed by atoms with Crippen molar-refractivity contribution in [2.45, 2.75) is 31.7 Å². The minimum absolute atomic E-state index is 0.112. The highest BCUT2D eigenvalue weighted by molar-refractivity contribution is 5.72. The van der Waals surface area contributed by atoms with Crippen LogP contribution >= 0.6 is 0 Å². The van der Waals surface area contributed by atoms with Crippen molar-refractivity contribution in [3.05, 3.63) is 0 Å². The third-order valence-corrected chi connectivity index (χ3v) is 3.38.